The second-order valence-electron chi connectivity index (χ2n) is 6.55. The van der Waals surface area contributed by atoms with Crippen molar-refractivity contribution in [3.8, 4) is 28.5 Å². The van der Waals surface area contributed by atoms with Crippen molar-refractivity contribution in [2.24, 2.45) is 0 Å². The van der Waals surface area contributed by atoms with Crippen molar-refractivity contribution >= 4 is 11.7 Å². The number of anilines is 1. The van der Waals surface area contributed by atoms with Crippen molar-refractivity contribution in [1.82, 2.24) is 10.3 Å². The van der Waals surface area contributed by atoms with Gasteiger partial charge in [-0.1, -0.05) is 12.1 Å². The average Bonchev–Trinajstić information content (AvgIpc) is 3.16. The normalized spacial score (nSPS) is 11.8. The van der Waals surface area contributed by atoms with Crippen molar-refractivity contribution in [3.63, 3.8) is 0 Å². The third kappa shape index (κ3) is 5.04. The number of aromatic nitrogens is 2. The quantitative estimate of drug-likeness (QED) is 0.615. The number of rotatable bonds is 8. The zero-order valence-corrected chi connectivity index (χ0v) is 16.7. The molecule has 29 heavy (non-hydrogen) atoms. The van der Waals surface area contributed by atoms with Crippen molar-refractivity contribution < 1.29 is 23.6 Å². The Morgan fingerprint density at radius 3 is 2.31 bits per heavy atom. The molecule has 2 aromatic carbocycles. The number of nitrogens with zero attached hydrogens (tertiary/aromatic N) is 2. The molecular weight excluding hydrogens is 374 g/mol. The number of carbonyl (C=O) groups excluding carboxylic acids is 1. The predicted octanol–water partition coefficient (Wildman–Crippen LogP) is 3.94. The molecule has 1 unspecified atom stereocenters. The third-order valence-corrected chi connectivity index (χ3v) is 3.97. The molecule has 1 N–H and O–H groups in total. The van der Waals surface area contributed by atoms with Crippen LogP contribution in [0.2, 0.25) is 0 Å². The molecule has 8 nitrogen and oxygen atoms in total. The number of carbonyl (C=O) groups is 1. The van der Waals surface area contributed by atoms with Crippen LogP contribution in [-0.2, 0) is 4.79 Å². The number of ether oxygens (including phenoxy) is 3. The Labute approximate surface area is 168 Å². The van der Waals surface area contributed by atoms with Crippen LogP contribution in [0.5, 0.6) is 17.2 Å². The minimum absolute atomic E-state index is 0.0779. The number of nitrogens with one attached hydrogen (secondary N) is 1. The maximum atomic E-state index is 12.6. The van der Waals surface area contributed by atoms with Gasteiger partial charge in [0.1, 0.15) is 5.75 Å². The molecule has 0 saturated heterocycles. The topological polar surface area (TPSA) is 95.7 Å². The fourth-order valence-electron chi connectivity index (χ4n) is 2.60. The second-order valence-corrected chi connectivity index (χ2v) is 6.55. The fourth-order valence-corrected chi connectivity index (χ4v) is 2.60. The number of benzene rings is 2. The van der Waals surface area contributed by atoms with E-state index >= 15 is 0 Å². The molecule has 8 heteroatoms. The van der Waals surface area contributed by atoms with E-state index in [0.29, 0.717) is 17.2 Å². The molecular formula is C21H23N3O5. The molecule has 152 valence electrons. The zero-order valence-electron chi connectivity index (χ0n) is 16.7. The molecule has 0 saturated carbocycles. The van der Waals surface area contributed by atoms with Crippen LogP contribution < -0.4 is 19.5 Å². The number of amides is 1. The summed E-state index contributed by atoms with van der Waals surface area (Å²) in [4.78, 5) is 12.6. The lowest BCUT2D eigenvalue weighted by atomic mass is 10.1. The summed E-state index contributed by atoms with van der Waals surface area (Å²) in [5.41, 5.74) is 1.15. The van der Waals surface area contributed by atoms with E-state index in [-0.39, 0.29) is 11.9 Å². The highest BCUT2D eigenvalue weighted by Gasteiger charge is 2.21. The van der Waals surface area contributed by atoms with Crippen LogP contribution >= 0.6 is 0 Å². The molecule has 0 bridgehead atoms. The molecule has 0 radical (unpaired) electrons. The van der Waals surface area contributed by atoms with E-state index < -0.39 is 12.0 Å². The van der Waals surface area contributed by atoms with E-state index in [1.165, 1.54) is 7.11 Å². The van der Waals surface area contributed by atoms with E-state index in [2.05, 4.69) is 15.6 Å². The largest absolute Gasteiger partial charge is 0.493 e. The number of para-hydroxylation sites is 2. The Bertz CT molecular complexity index is 953. The average molecular weight is 397 g/mol. The Morgan fingerprint density at radius 2 is 1.66 bits per heavy atom. The first kappa shape index (κ1) is 20.2. The van der Waals surface area contributed by atoms with Crippen LogP contribution in [0.3, 0.4) is 0 Å². The lowest BCUT2D eigenvalue weighted by molar-refractivity contribution is -0.122. The lowest BCUT2D eigenvalue weighted by Crippen LogP contribution is -2.30. The zero-order chi connectivity index (χ0) is 20.8. The minimum Gasteiger partial charge on any atom is -0.493 e. The van der Waals surface area contributed by atoms with Crippen molar-refractivity contribution in [2.75, 3.05) is 12.4 Å². The van der Waals surface area contributed by atoms with E-state index in [1.807, 2.05) is 44.2 Å². The predicted molar refractivity (Wildman–Crippen MR) is 107 cm³/mol. The summed E-state index contributed by atoms with van der Waals surface area (Å²) in [6.07, 6.45) is -0.716. The molecule has 1 heterocycles. The first-order valence-corrected chi connectivity index (χ1v) is 9.18. The van der Waals surface area contributed by atoms with Gasteiger partial charge in [-0.2, -0.15) is 0 Å². The first-order chi connectivity index (χ1) is 14.0. The molecule has 1 atom stereocenters. The Balaban J connectivity index is 1.69. The highest BCUT2D eigenvalue weighted by atomic mass is 16.6. The standard InChI is InChI=1S/C21H23N3O5/c1-13(2)27-16-11-9-15(10-12-16)19-20(24-29-23-19)22-21(25)14(3)28-18-8-6-5-7-17(18)26-4/h5-14H,1-4H3,(H,22,24,25). The summed E-state index contributed by atoms with van der Waals surface area (Å²) in [7, 11) is 1.54. The van der Waals surface area contributed by atoms with Gasteiger partial charge in [-0.3, -0.25) is 4.79 Å². The maximum Gasteiger partial charge on any atom is 0.266 e. The van der Waals surface area contributed by atoms with E-state index in [9.17, 15) is 4.79 Å². The molecule has 1 aromatic heterocycles. The highest BCUT2D eigenvalue weighted by Crippen LogP contribution is 2.28. The number of methoxy groups -OCH3 is 1. The van der Waals surface area contributed by atoms with Gasteiger partial charge in [0.25, 0.3) is 5.91 Å². The van der Waals surface area contributed by atoms with E-state index in [0.717, 1.165) is 11.3 Å². The van der Waals surface area contributed by atoms with Crippen LogP contribution in [0.25, 0.3) is 11.3 Å². The summed E-state index contributed by atoms with van der Waals surface area (Å²) >= 11 is 0. The van der Waals surface area contributed by atoms with Crippen LogP contribution in [-0.4, -0.2) is 35.5 Å². The SMILES string of the molecule is COc1ccccc1OC(C)C(=O)Nc1nonc1-c1ccc(OC(C)C)cc1. The number of hydrogen-bond donors (Lipinski definition) is 1. The fraction of sp³-hybridized carbons (Fsp3) is 0.286. The Morgan fingerprint density at radius 1 is 0.966 bits per heavy atom. The van der Waals surface area contributed by atoms with Gasteiger partial charge < -0.3 is 19.5 Å². The second kappa shape index (κ2) is 9.09. The molecule has 3 rings (SSSR count). The summed E-state index contributed by atoms with van der Waals surface area (Å²) in [5.74, 6) is 1.57. The van der Waals surface area contributed by atoms with E-state index in [1.54, 1.807) is 25.1 Å². The van der Waals surface area contributed by atoms with Gasteiger partial charge in [-0.25, -0.2) is 4.63 Å². The monoisotopic (exact) mass is 397 g/mol. The molecule has 0 spiro atoms. The molecule has 0 aliphatic carbocycles. The smallest absolute Gasteiger partial charge is 0.266 e. The molecule has 3 aromatic rings. The van der Waals surface area contributed by atoms with Crippen molar-refractivity contribution in [1.29, 1.82) is 0 Å². The highest BCUT2D eigenvalue weighted by molar-refractivity contribution is 5.96. The summed E-state index contributed by atoms with van der Waals surface area (Å²) in [6, 6.07) is 14.4. The van der Waals surface area contributed by atoms with Crippen LogP contribution in [0.15, 0.2) is 53.2 Å². The first-order valence-electron chi connectivity index (χ1n) is 9.18. The lowest BCUT2D eigenvalue weighted by Gasteiger charge is -2.16. The van der Waals surface area contributed by atoms with Gasteiger partial charge >= 0.3 is 0 Å². The molecule has 0 aliphatic heterocycles. The van der Waals surface area contributed by atoms with Gasteiger partial charge in [-0.05, 0) is 67.5 Å². The van der Waals surface area contributed by atoms with Gasteiger partial charge in [0.15, 0.2) is 23.3 Å². The Kier molecular flexibility index (Phi) is 6.33. The van der Waals surface area contributed by atoms with Crippen LogP contribution in [0.1, 0.15) is 20.8 Å². The van der Waals surface area contributed by atoms with Gasteiger partial charge in [0.05, 0.1) is 13.2 Å². The third-order valence-electron chi connectivity index (χ3n) is 3.97. The van der Waals surface area contributed by atoms with Crippen LogP contribution in [0, 0.1) is 0 Å². The maximum absolute atomic E-state index is 12.6. The van der Waals surface area contributed by atoms with Gasteiger partial charge in [-0.15, -0.1) is 0 Å². The molecule has 0 aliphatic rings. The van der Waals surface area contributed by atoms with Crippen LogP contribution in [0.4, 0.5) is 5.82 Å². The number of hydrogen-bond acceptors (Lipinski definition) is 7. The Hall–Kier alpha value is -3.55. The molecule has 1 amide bonds. The molecule has 0 fully saturated rings. The minimum atomic E-state index is -0.794. The van der Waals surface area contributed by atoms with Gasteiger partial charge in [0.2, 0.25) is 5.82 Å². The van der Waals surface area contributed by atoms with Gasteiger partial charge in [0, 0.05) is 5.56 Å². The van der Waals surface area contributed by atoms with Crippen molar-refractivity contribution in [2.45, 2.75) is 33.0 Å². The summed E-state index contributed by atoms with van der Waals surface area (Å²) < 4.78 is 21.4. The summed E-state index contributed by atoms with van der Waals surface area (Å²) in [6.45, 7) is 5.54. The van der Waals surface area contributed by atoms with Crippen molar-refractivity contribution in [3.05, 3.63) is 48.5 Å². The summed E-state index contributed by atoms with van der Waals surface area (Å²) in [5, 5.41) is 10.4. The van der Waals surface area contributed by atoms with E-state index in [4.69, 9.17) is 18.8 Å².